The number of fused-ring (bicyclic) bond motifs is 1. The molecule has 0 amide bonds. The molecule has 3 rings (SSSR count). The Morgan fingerprint density at radius 1 is 1.38 bits per heavy atom. The molecule has 1 N–H and O–H groups in total. The summed E-state index contributed by atoms with van der Waals surface area (Å²) in [7, 11) is 0. The average Bonchev–Trinajstić information content (AvgIpc) is 2.81. The van der Waals surface area contributed by atoms with Crippen LogP contribution >= 0.6 is 12.2 Å². The fraction of sp³-hybridized carbons (Fsp3) is 0.562. The van der Waals surface area contributed by atoms with Crippen LogP contribution in [0.5, 0.6) is 5.75 Å². The molecule has 1 aliphatic rings. The minimum absolute atomic E-state index is 0.381. The fourth-order valence-electron chi connectivity index (χ4n) is 2.32. The first-order valence-corrected chi connectivity index (χ1v) is 7.89. The third-order valence-electron chi connectivity index (χ3n) is 3.35. The Kier molecular flexibility index (Phi) is 5.82. The highest BCUT2D eigenvalue weighted by atomic mass is 32.1. The SMILES string of the molecule is CC1CCCCO1.CCOc1cc(C)cc2oc(=S)[nH]c12. The van der Waals surface area contributed by atoms with Gasteiger partial charge in [0.25, 0.3) is 4.84 Å². The predicted octanol–water partition coefficient (Wildman–Crippen LogP) is 4.77. The van der Waals surface area contributed by atoms with E-state index < -0.39 is 0 Å². The number of aromatic nitrogens is 1. The maximum absolute atomic E-state index is 5.48. The van der Waals surface area contributed by atoms with Gasteiger partial charge >= 0.3 is 0 Å². The molecule has 1 aromatic carbocycles. The number of hydrogen-bond donors (Lipinski definition) is 1. The van der Waals surface area contributed by atoms with E-state index in [9.17, 15) is 0 Å². The topological polar surface area (TPSA) is 47.4 Å². The van der Waals surface area contributed by atoms with Gasteiger partial charge in [-0.05, 0) is 69.9 Å². The molecule has 1 atom stereocenters. The van der Waals surface area contributed by atoms with Crippen LogP contribution in [-0.2, 0) is 4.74 Å². The summed E-state index contributed by atoms with van der Waals surface area (Å²) < 4.78 is 16.1. The van der Waals surface area contributed by atoms with Crippen LogP contribution in [0.15, 0.2) is 16.5 Å². The minimum atomic E-state index is 0.381. The quantitative estimate of drug-likeness (QED) is 0.812. The van der Waals surface area contributed by atoms with Crippen molar-refractivity contribution in [2.75, 3.05) is 13.2 Å². The molecule has 1 aliphatic heterocycles. The molecule has 4 nitrogen and oxygen atoms in total. The van der Waals surface area contributed by atoms with Gasteiger partial charge < -0.3 is 18.9 Å². The second-order valence-corrected chi connectivity index (χ2v) is 5.63. The number of H-pyrrole nitrogens is 1. The van der Waals surface area contributed by atoms with Crippen molar-refractivity contribution in [3.8, 4) is 5.75 Å². The Hall–Kier alpha value is -1.33. The third-order valence-corrected chi connectivity index (χ3v) is 3.53. The van der Waals surface area contributed by atoms with Crippen LogP contribution in [0.1, 0.15) is 38.7 Å². The van der Waals surface area contributed by atoms with E-state index in [1.165, 1.54) is 19.3 Å². The molecule has 0 saturated carbocycles. The molecule has 2 heterocycles. The Balaban J connectivity index is 0.000000194. The molecule has 116 valence electrons. The van der Waals surface area contributed by atoms with Gasteiger partial charge in [-0.25, -0.2) is 0 Å². The van der Waals surface area contributed by atoms with E-state index in [2.05, 4.69) is 11.9 Å². The van der Waals surface area contributed by atoms with E-state index in [-0.39, 0.29) is 0 Å². The molecule has 0 aliphatic carbocycles. The van der Waals surface area contributed by atoms with Gasteiger partial charge in [0.15, 0.2) is 5.58 Å². The lowest BCUT2D eigenvalue weighted by Gasteiger charge is -2.17. The highest BCUT2D eigenvalue weighted by Crippen LogP contribution is 2.26. The lowest BCUT2D eigenvalue weighted by Crippen LogP contribution is -2.14. The summed E-state index contributed by atoms with van der Waals surface area (Å²) in [4.78, 5) is 3.34. The van der Waals surface area contributed by atoms with E-state index in [1.54, 1.807) is 0 Å². The van der Waals surface area contributed by atoms with Crippen LogP contribution in [0.3, 0.4) is 0 Å². The van der Waals surface area contributed by atoms with Gasteiger partial charge in [-0.1, -0.05) is 0 Å². The molecule has 2 aromatic rings. The van der Waals surface area contributed by atoms with Crippen molar-refractivity contribution >= 4 is 23.3 Å². The largest absolute Gasteiger partial charge is 0.492 e. The zero-order valence-electron chi connectivity index (χ0n) is 12.9. The molecule has 5 heteroatoms. The van der Waals surface area contributed by atoms with Crippen LogP contribution in [-0.4, -0.2) is 24.3 Å². The molecule has 0 bridgehead atoms. The van der Waals surface area contributed by atoms with Crippen molar-refractivity contribution in [2.24, 2.45) is 0 Å². The van der Waals surface area contributed by atoms with Gasteiger partial charge in [0.05, 0.1) is 12.7 Å². The zero-order valence-corrected chi connectivity index (χ0v) is 13.7. The first-order valence-electron chi connectivity index (χ1n) is 7.48. The Labute approximate surface area is 130 Å². The van der Waals surface area contributed by atoms with Gasteiger partial charge in [-0.3, -0.25) is 0 Å². The van der Waals surface area contributed by atoms with E-state index >= 15 is 0 Å². The number of benzene rings is 1. The standard InChI is InChI=1S/C10H11NO2S.C6H12O/c1-3-12-7-4-6(2)5-8-9(7)11-10(14)13-8;1-6-4-2-3-5-7-6/h4-5H,3H2,1-2H3,(H,11,14);6H,2-5H2,1H3. The van der Waals surface area contributed by atoms with Gasteiger partial charge in [-0.15, -0.1) is 0 Å². The van der Waals surface area contributed by atoms with E-state index in [1.807, 2.05) is 26.0 Å². The maximum atomic E-state index is 5.48. The fourth-order valence-corrected chi connectivity index (χ4v) is 2.52. The molecular formula is C16H23NO3S. The first-order chi connectivity index (χ1) is 10.1. The number of rotatable bonds is 2. The summed E-state index contributed by atoms with van der Waals surface area (Å²) in [6.45, 7) is 7.70. The monoisotopic (exact) mass is 309 g/mol. The lowest BCUT2D eigenvalue weighted by atomic mass is 10.1. The molecule has 0 spiro atoms. The Morgan fingerprint density at radius 2 is 2.19 bits per heavy atom. The lowest BCUT2D eigenvalue weighted by molar-refractivity contribution is 0.0285. The third kappa shape index (κ3) is 4.58. The Bertz CT molecular complexity index is 626. The molecule has 21 heavy (non-hydrogen) atoms. The average molecular weight is 309 g/mol. The van der Waals surface area contributed by atoms with Crippen LogP contribution in [0, 0.1) is 11.8 Å². The number of aromatic amines is 1. The number of oxazole rings is 1. The number of aryl methyl sites for hydroxylation is 1. The maximum Gasteiger partial charge on any atom is 0.267 e. The zero-order chi connectivity index (χ0) is 15.2. The van der Waals surface area contributed by atoms with Crippen LogP contribution in [0.4, 0.5) is 0 Å². The molecule has 0 radical (unpaired) electrons. The smallest absolute Gasteiger partial charge is 0.267 e. The highest BCUT2D eigenvalue weighted by Gasteiger charge is 2.07. The van der Waals surface area contributed by atoms with E-state index in [4.69, 9.17) is 26.1 Å². The number of nitrogens with one attached hydrogen (secondary N) is 1. The molecule has 1 unspecified atom stereocenters. The predicted molar refractivity (Wildman–Crippen MR) is 86.6 cm³/mol. The summed E-state index contributed by atoms with van der Waals surface area (Å²) in [6, 6.07) is 3.90. The number of ether oxygens (including phenoxy) is 2. The van der Waals surface area contributed by atoms with Crippen molar-refractivity contribution in [3.05, 3.63) is 22.5 Å². The van der Waals surface area contributed by atoms with Gasteiger partial charge in [0.1, 0.15) is 11.3 Å². The normalized spacial score (nSPS) is 18.1. The highest BCUT2D eigenvalue weighted by molar-refractivity contribution is 7.71. The van der Waals surface area contributed by atoms with E-state index in [0.717, 1.165) is 29.0 Å². The van der Waals surface area contributed by atoms with Crippen LogP contribution < -0.4 is 4.74 Å². The summed E-state index contributed by atoms with van der Waals surface area (Å²) >= 11 is 4.92. The second-order valence-electron chi connectivity index (χ2n) is 5.26. The molecule has 1 fully saturated rings. The second kappa shape index (κ2) is 7.61. The van der Waals surface area contributed by atoms with Crippen LogP contribution in [0.25, 0.3) is 11.1 Å². The van der Waals surface area contributed by atoms with Crippen molar-refractivity contribution in [2.45, 2.75) is 46.1 Å². The van der Waals surface area contributed by atoms with Gasteiger partial charge in [-0.2, -0.15) is 0 Å². The Morgan fingerprint density at radius 3 is 2.76 bits per heavy atom. The minimum Gasteiger partial charge on any atom is -0.492 e. The molecular weight excluding hydrogens is 286 g/mol. The summed E-state index contributed by atoms with van der Waals surface area (Å²) in [5.41, 5.74) is 2.68. The van der Waals surface area contributed by atoms with Crippen molar-refractivity contribution in [3.63, 3.8) is 0 Å². The summed E-state index contributed by atoms with van der Waals surface area (Å²) in [5, 5.41) is 0. The van der Waals surface area contributed by atoms with Crippen LogP contribution in [0.2, 0.25) is 0 Å². The summed E-state index contributed by atoms with van der Waals surface area (Å²) in [6.07, 6.45) is 4.43. The molecule has 1 saturated heterocycles. The number of hydrogen-bond acceptors (Lipinski definition) is 4. The summed E-state index contributed by atoms with van der Waals surface area (Å²) in [5.74, 6) is 0.794. The van der Waals surface area contributed by atoms with Gasteiger partial charge in [0.2, 0.25) is 0 Å². The van der Waals surface area contributed by atoms with Crippen molar-refractivity contribution in [1.82, 2.24) is 4.98 Å². The molecule has 1 aromatic heterocycles. The first kappa shape index (κ1) is 16.0. The van der Waals surface area contributed by atoms with Gasteiger partial charge in [0, 0.05) is 6.61 Å². The van der Waals surface area contributed by atoms with E-state index in [0.29, 0.717) is 17.5 Å². The van der Waals surface area contributed by atoms with Crippen molar-refractivity contribution in [1.29, 1.82) is 0 Å². The van der Waals surface area contributed by atoms with Crippen molar-refractivity contribution < 1.29 is 13.9 Å².